The van der Waals surface area contributed by atoms with Crippen LogP contribution in [0.15, 0.2) is 64.2 Å². The zero-order valence-corrected chi connectivity index (χ0v) is 16.5. The maximum absolute atomic E-state index is 13.5. The summed E-state index contributed by atoms with van der Waals surface area (Å²) < 4.78 is 38.6. The van der Waals surface area contributed by atoms with Crippen molar-refractivity contribution in [2.45, 2.75) is 23.8 Å². The average Bonchev–Trinajstić information content (AvgIpc) is 3.41. The van der Waals surface area contributed by atoms with Crippen molar-refractivity contribution in [2.75, 3.05) is 25.0 Å². The van der Waals surface area contributed by atoms with Crippen molar-refractivity contribution in [3.8, 4) is 0 Å². The average molecular weight is 415 g/mol. The lowest BCUT2D eigenvalue weighted by molar-refractivity contribution is -0.116. The molecule has 2 heterocycles. The van der Waals surface area contributed by atoms with Crippen molar-refractivity contribution in [3.05, 3.63) is 54.8 Å². The second-order valence-corrected chi connectivity index (χ2v) is 8.75. The Hall–Kier alpha value is -2.75. The van der Waals surface area contributed by atoms with Gasteiger partial charge in [0.1, 0.15) is 6.26 Å². The topological polar surface area (TPSA) is 102 Å². The summed E-state index contributed by atoms with van der Waals surface area (Å²) >= 11 is 0. The molecule has 1 aliphatic heterocycles. The summed E-state index contributed by atoms with van der Waals surface area (Å²) in [5.74, 6) is -0.268. The van der Waals surface area contributed by atoms with E-state index in [1.54, 1.807) is 24.3 Å². The van der Waals surface area contributed by atoms with Crippen LogP contribution in [0.5, 0.6) is 0 Å². The minimum Gasteiger partial charge on any atom is -0.377 e. The first-order valence-corrected chi connectivity index (χ1v) is 10.8. The van der Waals surface area contributed by atoms with Crippen LogP contribution in [0.3, 0.4) is 0 Å². The molecule has 29 heavy (non-hydrogen) atoms. The van der Waals surface area contributed by atoms with Gasteiger partial charge in [0.25, 0.3) is 0 Å². The highest BCUT2D eigenvalue weighted by Gasteiger charge is 2.32. The fourth-order valence-electron chi connectivity index (χ4n) is 3.44. The van der Waals surface area contributed by atoms with Gasteiger partial charge in [-0.05, 0) is 24.3 Å². The van der Waals surface area contributed by atoms with Crippen molar-refractivity contribution >= 4 is 32.5 Å². The van der Waals surface area contributed by atoms with Crippen LogP contribution in [0.4, 0.5) is 5.82 Å². The van der Waals surface area contributed by atoms with E-state index in [0.29, 0.717) is 12.0 Å². The molecule has 0 aliphatic carbocycles. The van der Waals surface area contributed by atoms with Crippen molar-refractivity contribution in [3.63, 3.8) is 0 Å². The highest BCUT2D eigenvalue weighted by atomic mass is 32.2. The maximum Gasteiger partial charge on any atom is 0.244 e. The number of sulfonamides is 1. The molecule has 9 heteroatoms. The maximum atomic E-state index is 13.5. The van der Waals surface area contributed by atoms with Gasteiger partial charge in [0.05, 0.1) is 17.5 Å². The quantitative estimate of drug-likeness (QED) is 0.637. The Kier molecular flexibility index (Phi) is 5.61. The van der Waals surface area contributed by atoms with Crippen LogP contribution in [-0.4, -0.2) is 49.6 Å². The van der Waals surface area contributed by atoms with Crippen LogP contribution in [0.2, 0.25) is 0 Å². The Morgan fingerprint density at radius 1 is 1.17 bits per heavy atom. The van der Waals surface area contributed by atoms with Crippen LogP contribution < -0.4 is 5.32 Å². The summed E-state index contributed by atoms with van der Waals surface area (Å²) in [6.07, 6.45) is 2.72. The molecular formula is C20H21N3O5S. The molecule has 1 fully saturated rings. The van der Waals surface area contributed by atoms with Crippen molar-refractivity contribution in [1.29, 1.82) is 0 Å². The zero-order chi connectivity index (χ0) is 20.3. The molecule has 0 saturated carbocycles. The van der Waals surface area contributed by atoms with Crippen molar-refractivity contribution in [2.24, 2.45) is 0 Å². The van der Waals surface area contributed by atoms with Gasteiger partial charge in [0.15, 0.2) is 5.82 Å². The largest absolute Gasteiger partial charge is 0.377 e. The summed E-state index contributed by atoms with van der Waals surface area (Å²) in [7, 11) is -3.94. The Morgan fingerprint density at radius 2 is 2.00 bits per heavy atom. The normalized spacial score (nSPS) is 17.1. The first-order valence-electron chi connectivity index (χ1n) is 9.34. The highest BCUT2D eigenvalue weighted by molar-refractivity contribution is 7.89. The summed E-state index contributed by atoms with van der Waals surface area (Å²) in [6.45, 7) is 0.355. The van der Waals surface area contributed by atoms with Gasteiger partial charge in [-0.2, -0.15) is 4.31 Å². The van der Waals surface area contributed by atoms with Gasteiger partial charge < -0.3 is 14.6 Å². The number of rotatable bonds is 7. The minimum atomic E-state index is -3.94. The Labute approximate surface area is 168 Å². The summed E-state index contributed by atoms with van der Waals surface area (Å²) in [5.41, 5.74) is 0. The lowest BCUT2D eigenvalue weighted by atomic mass is 10.1. The van der Waals surface area contributed by atoms with Crippen LogP contribution >= 0.6 is 0 Å². The number of ether oxygens (including phenoxy) is 1. The lowest BCUT2D eigenvalue weighted by Gasteiger charge is -2.25. The van der Waals surface area contributed by atoms with Crippen LogP contribution in [0.1, 0.15) is 12.8 Å². The predicted molar refractivity (Wildman–Crippen MR) is 107 cm³/mol. The summed E-state index contributed by atoms with van der Waals surface area (Å²) in [4.78, 5) is 12.7. The number of amides is 1. The second kappa shape index (κ2) is 8.32. The van der Waals surface area contributed by atoms with E-state index in [-0.39, 0.29) is 29.9 Å². The van der Waals surface area contributed by atoms with E-state index in [0.717, 1.165) is 18.2 Å². The molecule has 1 aliphatic rings. The van der Waals surface area contributed by atoms with E-state index < -0.39 is 15.9 Å². The van der Waals surface area contributed by atoms with Gasteiger partial charge in [-0.3, -0.25) is 4.79 Å². The molecule has 4 rings (SSSR count). The molecule has 152 valence electrons. The number of nitrogens with zero attached hydrogens (tertiary/aromatic N) is 2. The molecule has 0 bridgehead atoms. The molecule has 0 unspecified atom stereocenters. The second-order valence-electron chi connectivity index (χ2n) is 6.84. The van der Waals surface area contributed by atoms with Gasteiger partial charge >= 0.3 is 0 Å². The molecule has 3 aromatic rings. The molecule has 8 nitrogen and oxygen atoms in total. The van der Waals surface area contributed by atoms with Crippen molar-refractivity contribution in [1.82, 2.24) is 9.46 Å². The third kappa shape index (κ3) is 4.31. The van der Waals surface area contributed by atoms with E-state index in [9.17, 15) is 13.2 Å². The van der Waals surface area contributed by atoms with E-state index in [4.69, 9.17) is 9.26 Å². The fourth-order valence-corrected chi connectivity index (χ4v) is 5.08. The van der Waals surface area contributed by atoms with Gasteiger partial charge in [-0.15, -0.1) is 0 Å². The van der Waals surface area contributed by atoms with Crippen LogP contribution in [-0.2, 0) is 19.6 Å². The van der Waals surface area contributed by atoms with Gasteiger partial charge in [-0.1, -0.05) is 41.6 Å². The molecule has 1 atom stereocenters. The number of anilines is 1. The fraction of sp³-hybridized carbons (Fsp3) is 0.300. The molecule has 1 saturated heterocycles. The van der Waals surface area contributed by atoms with E-state index in [1.165, 1.54) is 16.6 Å². The number of carbonyl (C=O) groups excluding carboxylic acids is 1. The number of aromatic nitrogens is 1. The van der Waals surface area contributed by atoms with Crippen molar-refractivity contribution < 1.29 is 22.5 Å². The van der Waals surface area contributed by atoms with Gasteiger partial charge in [-0.25, -0.2) is 8.42 Å². The standard InChI is InChI=1S/C20H21N3O5S/c24-20(21-19-10-12-28-22-19)14-23(13-16-7-4-11-27-16)29(25,26)18-9-3-6-15-5-1-2-8-17(15)18/h1-3,5-6,8-10,12,16H,4,7,11,13-14H2,(H,21,22,24)/t16-/m1/s1. The highest BCUT2D eigenvalue weighted by Crippen LogP contribution is 2.27. The van der Waals surface area contributed by atoms with Gasteiger partial charge in [0, 0.05) is 24.6 Å². The summed E-state index contributed by atoms with van der Waals surface area (Å²) in [5, 5.41) is 7.61. The third-order valence-electron chi connectivity index (χ3n) is 4.82. The molecule has 1 amide bonds. The Balaban J connectivity index is 1.65. The molecule has 2 aromatic carbocycles. The van der Waals surface area contributed by atoms with E-state index >= 15 is 0 Å². The smallest absolute Gasteiger partial charge is 0.244 e. The molecular weight excluding hydrogens is 394 g/mol. The Bertz CT molecular complexity index is 1090. The first-order chi connectivity index (χ1) is 14.0. The molecule has 0 radical (unpaired) electrons. The zero-order valence-electron chi connectivity index (χ0n) is 15.7. The third-order valence-corrected chi connectivity index (χ3v) is 6.69. The first kappa shape index (κ1) is 19.6. The monoisotopic (exact) mass is 415 g/mol. The van der Waals surface area contributed by atoms with E-state index in [1.807, 2.05) is 18.2 Å². The molecule has 1 aromatic heterocycles. The molecule has 0 spiro atoms. The number of hydrogen-bond donors (Lipinski definition) is 1. The SMILES string of the molecule is O=C(CN(C[C@H]1CCCO1)S(=O)(=O)c1cccc2ccccc12)Nc1ccon1. The number of carbonyl (C=O) groups is 1. The Morgan fingerprint density at radius 3 is 2.76 bits per heavy atom. The lowest BCUT2D eigenvalue weighted by Crippen LogP contribution is -2.42. The number of benzene rings is 2. The van der Waals surface area contributed by atoms with Crippen LogP contribution in [0.25, 0.3) is 10.8 Å². The summed E-state index contributed by atoms with van der Waals surface area (Å²) in [6, 6.07) is 13.9. The van der Waals surface area contributed by atoms with Crippen LogP contribution in [0, 0.1) is 0 Å². The van der Waals surface area contributed by atoms with Gasteiger partial charge in [0.2, 0.25) is 15.9 Å². The number of nitrogens with one attached hydrogen (secondary N) is 1. The number of hydrogen-bond acceptors (Lipinski definition) is 6. The number of fused-ring (bicyclic) bond motifs is 1. The van der Waals surface area contributed by atoms with E-state index in [2.05, 4.69) is 10.5 Å². The predicted octanol–water partition coefficient (Wildman–Crippen LogP) is 2.64. The minimum absolute atomic E-state index is 0.109. The molecule has 1 N–H and O–H groups in total.